The minimum atomic E-state index is -6.43. The van der Waals surface area contributed by atoms with Gasteiger partial charge >= 0.3 is 18.0 Å². The molecule has 1 atom stereocenters. The normalized spacial score (nSPS) is 15.6. The molecule has 0 saturated heterocycles. The second kappa shape index (κ2) is 6.57. The molecule has 1 unspecified atom stereocenters. The molecule has 0 fully saturated rings. The van der Waals surface area contributed by atoms with E-state index in [1.807, 2.05) is 0 Å². The fourth-order valence-corrected chi connectivity index (χ4v) is 2.52. The van der Waals surface area contributed by atoms with Crippen LogP contribution in [0.4, 0.5) is 30.7 Å². The van der Waals surface area contributed by atoms with E-state index in [4.69, 9.17) is 0 Å². The van der Waals surface area contributed by atoms with Gasteiger partial charge in [-0.2, -0.15) is 30.7 Å². The summed E-state index contributed by atoms with van der Waals surface area (Å²) in [6, 6.07) is 14.0. The Bertz CT molecular complexity index is 752. The highest BCUT2D eigenvalue weighted by atomic mass is 19.4. The predicted octanol–water partition coefficient (Wildman–Crippen LogP) is 5.78. The van der Waals surface area contributed by atoms with Gasteiger partial charge in [-0.1, -0.05) is 48.5 Å². The van der Waals surface area contributed by atoms with Crippen LogP contribution in [0.3, 0.4) is 0 Å². The Balaban J connectivity index is 2.36. The molecule has 1 N–H and O–H groups in total. The summed E-state index contributed by atoms with van der Waals surface area (Å²) in [5, 5.41) is 10.2. The number of hydrogen-bond donors (Lipinski definition) is 1. The molecule has 0 bridgehead atoms. The van der Waals surface area contributed by atoms with E-state index in [1.165, 1.54) is 18.2 Å². The van der Waals surface area contributed by atoms with Crippen molar-refractivity contribution in [1.82, 2.24) is 0 Å². The zero-order chi connectivity index (χ0) is 19.8. The van der Waals surface area contributed by atoms with Gasteiger partial charge < -0.3 is 5.11 Å². The number of hydrogen-bond acceptors (Lipinski definition) is 1. The zero-order valence-corrected chi connectivity index (χ0v) is 13.5. The van der Waals surface area contributed by atoms with E-state index in [-0.39, 0.29) is 5.56 Å². The molecule has 0 heterocycles. The van der Waals surface area contributed by atoms with Gasteiger partial charge in [-0.25, -0.2) is 0 Å². The first kappa shape index (κ1) is 20.2. The molecule has 2 aromatic carbocycles. The van der Waals surface area contributed by atoms with Crippen LogP contribution in [0.5, 0.6) is 0 Å². The topological polar surface area (TPSA) is 20.2 Å². The van der Waals surface area contributed by atoms with Crippen LogP contribution in [-0.4, -0.2) is 23.1 Å². The Morgan fingerprint density at radius 1 is 0.769 bits per heavy atom. The smallest absolute Gasteiger partial charge is 0.385 e. The van der Waals surface area contributed by atoms with Gasteiger partial charge in [-0.15, -0.1) is 0 Å². The van der Waals surface area contributed by atoms with Gasteiger partial charge in [-0.3, -0.25) is 0 Å². The summed E-state index contributed by atoms with van der Waals surface area (Å²) in [7, 11) is 0. The van der Waals surface area contributed by atoms with Gasteiger partial charge in [0.25, 0.3) is 0 Å². The fraction of sp³-hybridized carbons (Fsp3) is 0.333. The summed E-state index contributed by atoms with van der Waals surface area (Å²) in [4.78, 5) is 0. The van der Waals surface area contributed by atoms with Gasteiger partial charge in [0, 0.05) is 0 Å². The van der Waals surface area contributed by atoms with Crippen molar-refractivity contribution >= 4 is 0 Å². The first-order chi connectivity index (χ1) is 11.8. The second-order valence-corrected chi connectivity index (χ2v) is 6.17. The quantitative estimate of drug-likeness (QED) is 0.652. The number of halogens is 7. The Morgan fingerprint density at radius 2 is 1.31 bits per heavy atom. The van der Waals surface area contributed by atoms with Crippen LogP contribution in [0.1, 0.15) is 18.9 Å². The third-order valence-electron chi connectivity index (χ3n) is 3.97. The molecule has 0 aliphatic heterocycles. The van der Waals surface area contributed by atoms with Gasteiger partial charge in [0.15, 0.2) is 0 Å². The highest BCUT2D eigenvalue weighted by Crippen LogP contribution is 2.50. The highest BCUT2D eigenvalue weighted by molar-refractivity contribution is 5.64. The van der Waals surface area contributed by atoms with E-state index < -0.39 is 30.0 Å². The lowest BCUT2D eigenvalue weighted by Gasteiger charge is -2.34. The monoisotopic (exact) mass is 380 g/mol. The first-order valence-electron chi connectivity index (χ1n) is 7.49. The van der Waals surface area contributed by atoms with Crippen molar-refractivity contribution in [3.63, 3.8) is 0 Å². The molecule has 0 aliphatic rings. The Labute approximate surface area is 145 Å². The molecule has 0 radical (unpaired) electrons. The fourth-order valence-electron chi connectivity index (χ4n) is 2.52. The molecular formula is C18H15F7O. The maximum Gasteiger partial charge on any atom is 0.459 e. The average Bonchev–Trinajstić information content (AvgIpc) is 2.54. The van der Waals surface area contributed by atoms with E-state index in [0.29, 0.717) is 11.1 Å². The first-order valence-corrected chi connectivity index (χ1v) is 7.49. The number of rotatable bonds is 5. The Hall–Kier alpha value is -2.09. The summed E-state index contributed by atoms with van der Waals surface area (Å²) in [6.45, 7) is 0.775. The summed E-state index contributed by atoms with van der Waals surface area (Å²) in [5.41, 5.74) is -1.65. The molecular weight excluding hydrogens is 365 g/mol. The largest absolute Gasteiger partial charge is 0.459 e. The van der Waals surface area contributed by atoms with Crippen molar-refractivity contribution in [2.24, 2.45) is 0 Å². The average molecular weight is 380 g/mol. The van der Waals surface area contributed by atoms with E-state index in [1.54, 1.807) is 36.4 Å². The highest BCUT2D eigenvalue weighted by Gasteiger charge is 2.73. The van der Waals surface area contributed by atoms with Gasteiger partial charge in [0.1, 0.15) is 0 Å². The molecule has 0 aliphatic carbocycles. The van der Waals surface area contributed by atoms with Crippen LogP contribution in [-0.2, 0) is 5.60 Å². The molecule has 2 rings (SSSR count). The zero-order valence-electron chi connectivity index (χ0n) is 13.5. The molecule has 1 nitrogen and oxygen atoms in total. The van der Waals surface area contributed by atoms with Crippen LogP contribution in [0.25, 0.3) is 11.1 Å². The summed E-state index contributed by atoms with van der Waals surface area (Å²) in [6.07, 6.45) is -8.52. The maximum absolute atomic E-state index is 13.7. The molecule has 8 heteroatoms. The van der Waals surface area contributed by atoms with Gasteiger partial charge in [0.05, 0.1) is 12.0 Å². The molecule has 142 valence electrons. The van der Waals surface area contributed by atoms with Crippen LogP contribution < -0.4 is 0 Å². The minimum Gasteiger partial charge on any atom is -0.385 e. The summed E-state index contributed by atoms with van der Waals surface area (Å²) >= 11 is 0. The number of benzene rings is 2. The number of alkyl halides is 7. The van der Waals surface area contributed by atoms with Crippen LogP contribution >= 0.6 is 0 Å². The van der Waals surface area contributed by atoms with E-state index in [9.17, 15) is 35.8 Å². The molecule has 26 heavy (non-hydrogen) atoms. The lowest BCUT2D eigenvalue weighted by atomic mass is 9.86. The second-order valence-electron chi connectivity index (χ2n) is 6.17. The molecule has 0 spiro atoms. The molecule has 0 amide bonds. The lowest BCUT2D eigenvalue weighted by molar-refractivity contribution is -0.361. The van der Waals surface area contributed by atoms with E-state index >= 15 is 0 Å². The van der Waals surface area contributed by atoms with Crippen molar-refractivity contribution in [2.75, 3.05) is 0 Å². The summed E-state index contributed by atoms with van der Waals surface area (Å²) in [5.74, 6) is -11.8. The Morgan fingerprint density at radius 3 is 1.85 bits per heavy atom. The van der Waals surface area contributed by atoms with Crippen molar-refractivity contribution in [3.05, 3.63) is 60.2 Å². The maximum atomic E-state index is 13.7. The molecule has 0 saturated carbocycles. The van der Waals surface area contributed by atoms with Crippen molar-refractivity contribution in [3.8, 4) is 11.1 Å². The van der Waals surface area contributed by atoms with Crippen molar-refractivity contribution in [2.45, 2.75) is 37.0 Å². The van der Waals surface area contributed by atoms with E-state index in [0.717, 1.165) is 6.92 Å². The molecule has 2 aromatic rings. The standard InChI is InChI=1S/C18H15F7O/c1-15(26,11-16(19,20)17(21,22)18(23,24)25)14-9-5-8-13(10-14)12-6-3-2-4-7-12/h2-10,26H,11H2,1H3. The minimum absolute atomic E-state index is 0.198. The third kappa shape index (κ3) is 3.85. The predicted molar refractivity (Wildman–Crippen MR) is 82.0 cm³/mol. The molecule has 0 aromatic heterocycles. The third-order valence-corrected chi connectivity index (χ3v) is 3.97. The SMILES string of the molecule is CC(O)(CC(F)(F)C(F)(F)C(F)(F)F)c1cccc(-c2ccccc2)c1. The number of aliphatic hydroxyl groups is 1. The van der Waals surface area contributed by atoms with Crippen molar-refractivity contribution < 1.29 is 35.8 Å². The van der Waals surface area contributed by atoms with Crippen LogP contribution in [0.2, 0.25) is 0 Å². The lowest BCUT2D eigenvalue weighted by Crippen LogP contribution is -2.54. The van der Waals surface area contributed by atoms with Gasteiger partial charge in [-0.05, 0) is 29.7 Å². The Kier molecular flexibility index (Phi) is 5.11. The van der Waals surface area contributed by atoms with Crippen molar-refractivity contribution in [1.29, 1.82) is 0 Å². The summed E-state index contributed by atoms with van der Waals surface area (Å²) < 4.78 is 90.4. The van der Waals surface area contributed by atoms with Gasteiger partial charge in [0.2, 0.25) is 0 Å². The van der Waals surface area contributed by atoms with E-state index in [2.05, 4.69) is 0 Å². The van der Waals surface area contributed by atoms with Crippen LogP contribution in [0, 0.1) is 0 Å². The van der Waals surface area contributed by atoms with Crippen LogP contribution in [0.15, 0.2) is 54.6 Å².